The van der Waals surface area contributed by atoms with Crippen LogP contribution in [0.25, 0.3) is 0 Å². The lowest BCUT2D eigenvalue weighted by Gasteiger charge is -2.14. The monoisotopic (exact) mass is 223 g/mol. The maximum Gasteiger partial charge on any atom is 0.165 e. The minimum Gasteiger partial charge on any atom is -0.491 e. The first-order valence-electron chi connectivity index (χ1n) is 5.89. The van der Waals surface area contributed by atoms with Gasteiger partial charge in [0.15, 0.2) is 11.6 Å². The normalized spacial score (nSPS) is 17.2. The predicted octanol–water partition coefficient (Wildman–Crippen LogP) is 3.04. The van der Waals surface area contributed by atoms with Crippen LogP contribution in [-0.2, 0) is 0 Å². The summed E-state index contributed by atoms with van der Waals surface area (Å²) < 4.78 is 18.8. The third kappa shape index (κ3) is 2.73. The van der Waals surface area contributed by atoms with E-state index >= 15 is 0 Å². The van der Waals surface area contributed by atoms with Gasteiger partial charge in [0.05, 0.1) is 6.61 Å². The largest absolute Gasteiger partial charge is 0.491 e. The molecule has 0 unspecified atom stereocenters. The number of hydrogen-bond acceptors (Lipinski definition) is 2. The molecule has 0 bridgehead atoms. The number of ether oxygens (including phenoxy) is 1. The van der Waals surface area contributed by atoms with E-state index in [2.05, 4.69) is 12.2 Å². The quantitative estimate of drug-likeness (QED) is 0.828. The zero-order valence-electron chi connectivity index (χ0n) is 9.79. The van der Waals surface area contributed by atoms with Crippen LogP contribution in [-0.4, -0.2) is 12.6 Å². The first-order chi connectivity index (χ1) is 7.70. The average Bonchev–Trinajstić information content (AvgIpc) is 3.05. The van der Waals surface area contributed by atoms with Crippen LogP contribution in [0.2, 0.25) is 0 Å². The van der Waals surface area contributed by atoms with Crippen molar-refractivity contribution in [1.29, 1.82) is 0 Å². The van der Waals surface area contributed by atoms with Crippen LogP contribution >= 0.6 is 0 Å². The van der Waals surface area contributed by atoms with Crippen molar-refractivity contribution >= 4 is 0 Å². The first-order valence-corrected chi connectivity index (χ1v) is 5.89. The Morgan fingerprint density at radius 1 is 1.50 bits per heavy atom. The van der Waals surface area contributed by atoms with Crippen molar-refractivity contribution in [3.05, 3.63) is 29.6 Å². The molecule has 1 saturated carbocycles. The smallest absolute Gasteiger partial charge is 0.165 e. The highest BCUT2D eigenvalue weighted by molar-refractivity contribution is 5.31. The van der Waals surface area contributed by atoms with Gasteiger partial charge in [-0.1, -0.05) is 6.07 Å². The zero-order valence-corrected chi connectivity index (χ0v) is 9.79. The molecular formula is C13H18FNO. The lowest BCUT2D eigenvalue weighted by Crippen LogP contribution is -2.20. The van der Waals surface area contributed by atoms with Crippen LogP contribution in [0.3, 0.4) is 0 Å². The van der Waals surface area contributed by atoms with Crippen molar-refractivity contribution in [1.82, 2.24) is 5.32 Å². The van der Waals surface area contributed by atoms with E-state index in [9.17, 15) is 4.39 Å². The molecule has 2 nitrogen and oxygen atoms in total. The Balaban J connectivity index is 2.06. The molecule has 1 aliphatic carbocycles. The van der Waals surface area contributed by atoms with Crippen LogP contribution in [0.15, 0.2) is 18.2 Å². The fourth-order valence-corrected chi connectivity index (χ4v) is 1.76. The van der Waals surface area contributed by atoms with E-state index in [1.54, 1.807) is 12.1 Å². The molecule has 1 aromatic rings. The maximum atomic E-state index is 13.6. The molecule has 0 aliphatic heterocycles. The van der Waals surface area contributed by atoms with Gasteiger partial charge in [-0.3, -0.25) is 0 Å². The van der Waals surface area contributed by atoms with E-state index in [0.717, 1.165) is 5.56 Å². The molecule has 0 spiro atoms. The minimum absolute atomic E-state index is 0.206. The Kier molecular flexibility index (Phi) is 3.44. The third-order valence-electron chi connectivity index (χ3n) is 2.82. The highest BCUT2D eigenvalue weighted by atomic mass is 19.1. The summed E-state index contributed by atoms with van der Waals surface area (Å²) in [6, 6.07) is 6.03. The van der Waals surface area contributed by atoms with Crippen molar-refractivity contribution in [3.8, 4) is 5.75 Å². The van der Waals surface area contributed by atoms with E-state index in [1.807, 2.05) is 13.0 Å². The van der Waals surface area contributed by atoms with E-state index < -0.39 is 0 Å². The SMILES string of the molecule is CCOc1ccc([C@@H](C)NC2CC2)cc1F. The van der Waals surface area contributed by atoms with Gasteiger partial charge in [-0.2, -0.15) is 0 Å². The summed E-state index contributed by atoms with van der Waals surface area (Å²) in [5.41, 5.74) is 0.979. The van der Waals surface area contributed by atoms with Crippen LogP contribution in [0.1, 0.15) is 38.3 Å². The molecule has 1 N–H and O–H groups in total. The number of nitrogens with one attached hydrogen (secondary N) is 1. The summed E-state index contributed by atoms with van der Waals surface area (Å²) in [5.74, 6) is 0.0636. The molecule has 1 fully saturated rings. The van der Waals surface area contributed by atoms with Gasteiger partial charge in [0.1, 0.15) is 0 Å². The fourth-order valence-electron chi connectivity index (χ4n) is 1.76. The van der Waals surface area contributed by atoms with Gasteiger partial charge in [0.25, 0.3) is 0 Å². The highest BCUT2D eigenvalue weighted by Crippen LogP contribution is 2.26. The van der Waals surface area contributed by atoms with E-state index in [4.69, 9.17) is 4.74 Å². The summed E-state index contributed by atoms with van der Waals surface area (Å²) >= 11 is 0. The Labute approximate surface area is 95.8 Å². The zero-order chi connectivity index (χ0) is 11.5. The summed E-state index contributed by atoms with van der Waals surface area (Å²) in [5, 5.41) is 3.44. The third-order valence-corrected chi connectivity index (χ3v) is 2.82. The fraction of sp³-hybridized carbons (Fsp3) is 0.538. The Morgan fingerprint density at radius 3 is 2.81 bits per heavy atom. The van der Waals surface area contributed by atoms with Crippen molar-refractivity contribution in [2.45, 2.75) is 38.8 Å². The van der Waals surface area contributed by atoms with Gasteiger partial charge in [0.2, 0.25) is 0 Å². The summed E-state index contributed by atoms with van der Waals surface area (Å²) in [6.07, 6.45) is 2.48. The van der Waals surface area contributed by atoms with E-state index in [0.29, 0.717) is 18.4 Å². The highest BCUT2D eigenvalue weighted by Gasteiger charge is 2.23. The molecule has 2 rings (SSSR count). The second-order valence-corrected chi connectivity index (χ2v) is 4.29. The molecule has 0 radical (unpaired) electrons. The van der Waals surface area contributed by atoms with Crippen molar-refractivity contribution in [3.63, 3.8) is 0 Å². The molecule has 1 aliphatic rings. The molecule has 3 heteroatoms. The summed E-state index contributed by atoms with van der Waals surface area (Å²) in [6.45, 7) is 4.41. The van der Waals surface area contributed by atoms with Gasteiger partial charge < -0.3 is 10.1 Å². The predicted molar refractivity (Wildman–Crippen MR) is 62.1 cm³/mol. The summed E-state index contributed by atoms with van der Waals surface area (Å²) in [7, 11) is 0. The molecule has 0 aromatic heterocycles. The second kappa shape index (κ2) is 4.83. The lowest BCUT2D eigenvalue weighted by molar-refractivity contribution is 0.321. The lowest BCUT2D eigenvalue weighted by atomic mass is 10.1. The Bertz CT molecular complexity index is 363. The molecule has 16 heavy (non-hydrogen) atoms. The van der Waals surface area contributed by atoms with Gasteiger partial charge in [-0.25, -0.2) is 4.39 Å². The van der Waals surface area contributed by atoms with Crippen LogP contribution in [0, 0.1) is 5.82 Å². The van der Waals surface area contributed by atoms with E-state index in [-0.39, 0.29) is 11.9 Å². The number of hydrogen-bond donors (Lipinski definition) is 1. The van der Waals surface area contributed by atoms with Gasteiger partial charge >= 0.3 is 0 Å². The molecule has 0 amide bonds. The van der Waals surface area contributed by atoms with Gasteiger partial charge in [0, 0.05) is 12.1 Å². The van der Waals surface area contributed by atoms with Crippen molar-refractivity contribution < 1.29 is 9.13 Å². The number of benzene rings is 1. The Hall–Kier alpha value is -1.09. The van der Waals surface area contributed by atoms with Crippen molar-refractivity contribution in [2.75, 3.05) is 6.61 Å². The van der Waals surface area contributed by atoms with Gasteiger partial charge in [-0.15, -0.1) is 0 Å². The number of rotatable bonds is 5. The molecule has 0 saturated heterocycles. The molecule has 88 valence electrons. The first kappa shape index (κ1) is 11.4. The average molecular weight is 223 g/mol. The molecule has 0 heterocycles. The molecule has 1 atom stereocenters. The van der Waals surface area contributed by atoms with Gasteiger partial charge in [-0.05, 0) is 44.4 Å². The Morgan fingerprint density at radius 2 is 2.25 bits per heavy atom. The van der Waals surface area contributed by atoms with Crippen LogP contribution < -0.4 is 10.1 Å². The van der Waals surface area contributed by atoms with E-state index in [1.165, 1.54) is 12.8 Å². The van der Waals surface area contributed by atoms with Crippen molar-refractivity contribution in [2.24, 2.45) is 0 Å². The topological polar surface area (TPSA) is 21.3 Å². The van der Waals surface area contributed by atoms with Crippen LogP contribution in [0.4, 0.5) is 4.39 Å². The molecule has 1 aromatic carbocycles. The minimum atomic E-state index is -0.274. The standard InChI is InChI=1S/C13H18FNO/c1-3-16-13-7-4-10(8-12(13)14)9(2)15-11-5-6-11/h4,7-9,11,15H,3,5-6H2,1-2H3/t9-/m1/s1. The summed E-state index contributed by atoms with van der Waals surface area (Å²) in [4.78, 5) is 0. The second-order valence-electron chi connectivity index (χ2n) is 4.29. The maximum absolute atomic E-state index is 13.6. The number of halogens is 1. The molecular weight excluding hydrogens is 205 g/mol. The van der Waals surface area contributed by atoms with Crippen LogP contribution in [0.5, 0.6) is 5.75 Å².